The number of nitrogens with one attached hydrogen (secondary N) is 1. The summed E-state index contributed by atoms with van der Waals surface area (Å²) in [5, 5.41) is 10.6. The normalized spacial score (nSPS) is 25.3. The molecule has 0 radical (unpaired) electrons. The van der Waals surface area contributed by atoms with E-state index < -0.39 is 0 Å². The number of hydrogen-bond acceptors (Lipinski definition) is 3. The van der Waals surface area contributed by atoms with Crippen molar-refractivity contribution in [3.8, 4) is 5.69 Å². The summed E-state index contributed by atoms with van der Waals surface area (Å²) >= 11 is 1.94. The molecule has 0 saturated heterocycles. The van der Waals surface area contributed by atoms with E-state index >= 15 is 0 Å². The number of aromatic nitrogens is 1. The van der Waals surface area contributed by atoms with Crippen molar-refractivity contribution in [1.82, 2.24) is 9.88 Å². The summed E-state index contributed by atoms with van der Waals surface area (Å²) in [5.74, 6) is 1.59. The highest BCUT2D eigenvalue weighted by atomic mass is 32.2. The van der Waals surface area contributed by atoms with Crippen LogP contribution in [0.1, 0.15) is 56.7 Å². The highest BCUT2D eigenvalue weighted by Gasteiger charge is 2.48. The summed E-state index contributed by atoms with van der Waals surface area (Å²) in [5.41, 5.74) is 13.5. The van der Waals surface area contributed by atoms with Gasteiger partial charge in [0.25, 0.3) is 0 Å². The van der Waals surface area contributed by atoms with Gasteiger partial charge in [-0.3, -0.25) is 0 Å². The van der Waals surface area contributed by atoms with Crippen LogP contribution in [0.5, 0.6) is 0 Å². The van der Waals surface area contributed by atoms with Gasteiger partial charge in [0.2, 0.25) is 0 Å². The number of rotatable bonds is 3. The molecule has 4 atom stereocenters. The van der Waals surface area contributed by atoms with Gasteiger partial charge in [0.15, 0.2) is 0 Å². The lowest BCUT2D eigenvalue weighted by atomic mass is 9.70. The van der Waals surface area contributed by atoms with Gasteiger partial charge in [-0.25, -0.2) is 4.99 Å². The average molecular weight is 718 g/mol. The fourth-order valence-corrected chi connectivity index (χ4v) is 11.8. The first-order valence-corrected chi connectivity index (χ1v) is 20.4. The van der Waals surface area contributed by atoms with Gasteiger partial charge < -0.3 is 9.88 Å². The Morgan fingerprint density at radius 2 is 1.56 bits per heavy atom. The monoisotopic (exact) mass is 717 g/mol. The lowest BCUT2D eigenvalue weighted by Crippen LogP contribution is -2.35. The number of amidine groups is 1. The van der Waals surface area contributed by atoms with Crippen molar-refractivity contribution in [3.05, 3.63) is 178 Å². The summed E-state index contributed by atoms with van der Waals surface area (Å²) in [7, 11) is 0. The zero-order chi connectivity index (χ0) is 36.3. The molecule has 3 nitrogen and oxygen atoms in total. The molecular formula is C50H43N3S. The topological polar surface area (TPSA) is 29.3 Å². The van der Waals surface area contributed by atoms with E-state index in [0.29, 0.717) is 11.2 Å². The summed E-state index contributed by atoms with van der Waals surface area (Å²) in [6, 6.07) is 40.7. The van der Waals surface area contributed by atoms with Crippen LogP contribution < -0.4 is 5.32 Å². The fourth-order valence-electron chi connectivity index (χ4n) is 10.3. The Hall–Kier alpha value is -5.32. The predicted molar refractivity (Wildman–Crippen MR) is 230 cm³/mol. The van der Waals surface area contributed by atoms with Crippen molar-refractivity contribution in [2.45, 2.75) is 50.7 Å². The molecule has 0 spiro atoms. The highest BCUT2D eigenvalue weighted by Crippen LogP contribution is 2.59. The van der Waals surface area contributed by atoms with Crippen molar-refractivity contribution in [1.29, 1.82) is 0 Å². The smallest absolute Gasteiger partial charge is 0.130 e. The molecule has 6 aromatic rings. The first kappa shape index (κ1) is 32.1. The Balaban J connectivity index is 1.00. The first-order chi connectivity index (χ1) is 26.3. The van der Waals surface area contributed by atoms with E-state index in [4.69, 9.17) is 4.99 Å². The van der Waals surface area contributed by atoms with E-state index in [2.05, 4.69) is 177 Å². The van der Waals surface area contributed by atoms with Gasteiger partial charge >= 0.3 is 0 Å². The molecule has 0 bridgehead atoms. The Labute approximate surface area is 321 Å². The summed E-state index contributed by atoms with van der Waals surface area (Å²) in [6.07, 6.45) is 12.8. The van der Waals surface area contributed by atoms with Gasteiger partial charge in [0.1, 0.15) is 5.84 Å². The molecule has 2 aliphatic heterocycles. The van der Waals surface area contributed by atoms with Gasteiger partial charge in [-0.1, -0.05) is 149 Å². The molecule has 11 rings (SSSR count). The number of para-hydroxylation sites is 1. The molecule has 0 amide bonds. The number of allylic oxidation sites excluding steroid dienone is 6. The van der Waals surface area contributed by atoms with Crippen molar-refractivity contribution in [2.24, 2.45) is 16.3 Å². The van der Waals surface area contributed by atoms with Crippen molar-refractivity contribution < 1.29 is 0 Å². The molecule has 0 fully saturated rings. The summed E-state index contributed by atoms with van der Waals surface area (Å²) in [6.45, 7) is 10.4. The molecule has 1 N–H and O–H groups in total. The summed E-state index contributed by atoms with van der Waals surface area (Å²) in [4.78, 5) is 5.60. The molecule has 4 unspecified atom stereocenters. The molecule has 5 aliphatic rings. The highest BCUT2D eigenvalue weighted by molar-refractivity contribution is 8.04. The lowest BCUT2D eigenvalue weighted by molar-refractivity contribution is 0.492. The molecule has 0 saturated carbocycles. The van der Waals surface area contributed by atoms with Crippen LogP contribution in [0.3, 0.4) is 0 Å². The second-order valence-corrected chi connectivity index (χ2v) is 17.7. The summed E-state index contributed by atoms with van der Waals surface area (Å²) < 4.78 is 2.44. The first-order valence-electron chi connectivity index (χ1n) is 19.5. The Morgan fingerprint density at radius 1 is 0.796 bits per heavy atom. The van der Waals surface area contributed by atoms with Crippen molar-refractivity contribution >= 4 is 55.7 Å². The zero-order valence-corrected chi connectivity index (χ0v) is 32.0. The number of thioether (sulfide) groups is 1. The van der Waals surface area contributed by atoms with Gasteiger partial charge in [0, 0.05) is 45.0 Å². The fraction of sp³-hybridized carbons (Fsp3) is 0.220. The second-order valence-electron chi connectivity index (χ2n) is 16.6. The molecule has 3 heterocycles. The maximum absolute atomic E-state index is 5.60. The Bertz CT molecular complexity index is 2780. The molecule has 1 aromatic heterocycles. The van der Waals surface area contributed by atoms with Crippen LogP contribution in [0.25, 0.3) is 43.8 Å². The minimum absolute atomic E-state index is 0.0269. The molecule has 5 aromatic carbocycles. The second kappa shape index (κ2) is 11.6. The van der Waals surface area contributed by atoms with Crippen molar-refractivity contribution in [2.75, 3.05) is 6.54 Å². The van der Waals surface area contributed by atoms with Crippen LogP contribution in [-0.2, 0) is 5.41 Å². The van der Waals surface area contributed by atoms with E-state index in [1.54, 1.807) is 0 Å². The predicted octanol–water partition coefficient (Wildman–Crippen LogP) is 12.2. The van der Waals surface area contributed by atoms with Gasteiger partial charge in [-0.05, 0) is 92.4 Å². The SMILES string of the molecule is CC1CC2=C(C=C1C1=NC3=C(C(c4ccc(-n5c6ccccc6c6cc7ccccc7cc65)cc4)CN1)C1(C)C=CC=CC1S3)C(C)(C)c1ccccc12. The maximum atomic E-state index is 5.60. The quantitative estimate of drug-likeness (QED) is 0.197. The van der Waals surface area contributed by atoms with Gasteiger partial charge in [0.05, 0.1) is 16.1 Å². The molecule has 3 aliphatic carbocycles. The van der Waals surface area contributed by atoms with E-state index in [-0.39, 0.29) is 16.7 Å². The third-order valence-corrected chi connectivity index (χ3v) is 14.6. The number of hydrogen-bond donors (Lipinski definition) is 1. The number of benzene rings is 5. The van der Waals surface area contributed by atoms with Crippen molar-refractivity contribution in [3.63, 3.8) is 0 Å². The van der Waals surface area contributed by atoms with Crippen LogP contribution in [0.4, 0.5) is 0 Å². The number of fused-ring (bicyclic) bond motifs is 8. The standard InChI is InChI=1S/C50H43N3S/c1-30-25-38-35-15-7-9-17-41(35)49(2,3)42(38)28-37(30)47-51-29-40(46-48(52-47)54-45-19-11-12-24-50(45,46)4)31-20-22-34(23-21-31)53-43-18-10-8-16-36(43)39-26-32-13-5-6-14-33(32)27-44(39)53/h5-24,26-28,30,40,45H,25,29H2,1-4H3,(H,51,52). The largest absolute Gasteiger partial charge is 0.369 e. The van der Waals surface area contributed by atoms with Crippen LogP contribution in [-0.4, -0.2) is 22.2 Å². The van der Waals surface area contributed by atoms with E-state index in [1.807, 2.05) is 11.8 Å². The van der Waals surface area contributed by atoms with Crippen LogP contribution in [0, 0.1) is 11.3 Å². The molecule has 264 valence electrons. The van der Waals surface area contributed by atoms with Crippen LogP contribution >= 0.6 is 11.8 Å². The van der Waals surface area contributed by atoms with E-state index in [9.17, 15) is 0 Å². The number of nitrogens with zero attached hydrogens (tertiary/aromatic N) is 2. The Kier molecular flexibility index (Phi) is 6.90. The van der Waals surface area contributed by atoms with Crippen LogP contribution in [0.15, 0.2) is 166 Å². The van der Waals surface area contributed by atoms with Crippen LogP contribution in [0.2, 0.25) is 0 Å². The molecular weight excluding hydrogens is 675 g/mol. The van der Waals surface area contributed by atoms with Gasteiger partial charge in [-0.2, -0.15) is 0 Å². The minimum Gasteiger partial charge on any atom is -0.369 e. The third kappa shape index (κ3) is 4.53. The zero-order valence-electron chi connectivity index (χ0n) is 31.2. The van der Waals surface area contributed by atoms with E-state index in [1.165, 1.54) is 82.3 Å². The lowest BCUT2D eigenvalue weighted by Gasteiger charge is -2.35. The third-order valence-electron chi connectivity index (χ3n) is 13.1. The Morgan fingerprint density at radius 3 is 2.41 bits per heavy atom. The van der Waals surface area contributed by atoms with E-state index in [0.717, 1.165) is 18.8 Å². The molecule has 4 heteroatoms. The number of aliphatic imine (C=N–C) groups is 1. The maximum Gasteiger partial charge on any atom is 0.130 e. The minimum atomic E-state index is -0.107. The average Bonchev–Trinajstić information content (AvgIpc) is 3.68. The van der Waals surface area contributed by atoms with Gasteiger partial charge in [-0.15, -0.1) is 0 Å². The molecule has 54 heavy (non-hydrogen) atoms.